The van der Waals surface area contributed by atoms with Crippen LogP contribution in [-0.2, 0) is 4.79 Å². The zero-order chi connectivity index (χ0) is 19.5. The summed E-state index contributed by atoms with van der Waals surface area (Å²) in [6.45, 7) is 3.79. The number of rotatable bonds is 6. The molecule has 0 aromatic carbocycles. The summed E-state index contributed by atoms with van der Waals surface area (Å²) < 4.78 is 10.5. The fraction of sp³-hybridized carbons (Fsp3) is 0.750. The molecule has 154 valence electrons. The molecular weight excluding hydrogens is 358 g/mol. The number of anilines is 1. The molecule has 1 unspecified atom stereocenters. The number of ether oxygens (including phenoxy) is 2. The summed E-state index contributed by atoms with van der Waals surface area (Å²) in [6.07, 6.45) is 6.54. The molecule has 1 saturated carbocycles. The van der Waals surface area contributed by atoms with Crippen molar-refractivity contribution < 1.29 is 14.3 Å². The summed E-state index contributed by atoms with van der Waals surface area (Å²) in [7, 11) is 3.20. The lowest BCUT2D eigenvalue weighted by atomic mass is 9.93. The molecule has 1 aliphatic carbocycles. The third-order valence-corrected chi connectivity index (χ3v) is 6.10. The molecule has 0 spiro atoms. The molecular formula is C20H31N5O3. The number of piperidine rings is 2. The first-order valence-electron chi connectivity index (χ1n) is 10.4. The number of nitrogens with zero attached hydrogens (tertiary/aromatic N) is 4. The smallest absolute Gasteiger partial charge is 0.231 e. The molecule has 3 fully saturated rings. The number of aromatic nitrogens is 2. The first-order chi connectivity index (χ1) is 13.7. The van der Waals surface area contributed by atoms with Gasteiger partial charge in [-0.2, -0.15) is 9.97 Å². The summed E-state index contributed by atoms with van der Waals surface area (Å²) >= 11 is 0. The summed E-state index contributed by atoms with van der Waals surface area (Å²) in [5.41, 5.74) is 0. The van der Waals surface area contributed by atoms with Gasteiger partial charge in [0.2, 0.25) is 23.6 Å². The van der Waals surface area contributed by atoms with Crippen molar-refractivity contribution in [2.45, 2.75) is 50.6 Å². The van der Waals surface area contributed by atoms with Crippen molar-refractivity contribution in [3.63, 3.8) is 0 Å². The van der Waals surface area contributed by atoms with Crippen molar-refractivity contribution in [3.05, 3.63) is 6.07 Å². The minimum Gasteiger partial charge on any atom is -0.481 e. The Bertz CT molecular complexity index is 666. The van der Waals surface area contributed by atoms with E-state index in [-0.39, 0.29) is 11.8 Å². The molecule has 3 aliphatic rings. The second kappa shape index (κ2) is 8.51. The molecule has 0 bridgehead atoms. The minimum atomic E-state index is 0.151. The van der Waals surface area contributed by atoms with Crippen molar-refractivity contribution in [1.82, 2.24) is 20.2 Å². The van der Waals surface area contributed by atoms with Crippen molar-refractivity contribution in [2.24, 2.45) is 5.92 Å². The molecule has 1 aromatic heterocycles. The maximum atomic E-state index is 12.4. The Kier molecular flexibility index (Phi) is 5.85. The lowest BCUT2D eigenvalue weighted by molar-refractivity contribution is -0.127. The highest BCUT2D eigenvalue weighted by Gasteiger charge is 2.34. The fourth-order valence-electron chi connectivity index (χ4n) is 4.27. The number of nitrogens with one attached hydrogen (secondary N) is 1. The van der Waals surface area contributed by atoms with Gasteiger partial charge in [-0.1, -0.05) is 0 Å². The molecule has 3 heterocycles. The normalized spacial score (nSPS) is 24.1. The van der Waals surface area contributed by atoms with Crippen LogP contribution < -0.4 is 19.7 Å². The molecule has 28 heavy (non-hydrogen) atoms. The van der Waals surface area contributed by atoms with Crippen LogP contribution in [0.25, 0.3) is 0 Å². The van der Waals surface area contributed by atoms with Crippen LogP contribution in [0.3, 0.4) is 0 Å². The van der Waals surface area contributed by atoms with Crippen LogP contribution in [0.5, 0.6) is 11.8 Å². The van der Waals surface area contributed by atoms with Gasteiger partial charge in [0.05, 0.1) is 26.2 Å². The molecule has 2 saturated heterocycles. The number of hydrogen-bond acceptors (Lipinski definition) is 7. The maximum Gasteiger partial charge on any atom is 0.231 e. The number of likely N-dealkylation sites (tertiary alicyclic amines) is 1. The van der Waals surface area contributed by atoms with Crippen LogP contribution in [0.4, 0.5) is 5.95 Å². The fourth-order valence-corrected chi connectivity index (χ4v) is 4.27. The number of carbonyl (C=O) groups is 1. The highest BCUT2D eigenvalue weighted by Crippen LogP contribution is 2.28. The Labute approximate surface area is 166 Å². The highest BCUT2D eigenvalue weighted by molar-refractivity contribution is 5.79. The van der Waals surface area contributed by atoms with E-state index in [0.29, 0.717) is 29.8 Å². The second-order valence-electron chi connectivity index (χ2n) is 8.09. The Morgan fingerprint density at radius 2 is 1.71 bits per heavy atom. The predicted octanol–water partition coefficient (Wildman–Crippen LogP) is 1.45. The molecule has 8 nitrogen and oxygen atoms in total. The lowest BCUT2D eigenvalue weighted by Gasteiger charge is -2.42. The third kappa shape index (κ3) is 4.48. The number of amides is 1. The summed E-state index contributed by atoms with van der Waals surface area (Å²) in [5, 5.41) is 3.18. The van der Waals surface area contributed by atoms with Crippen LogP contribution in [-0.4, -0.2) is 73.3 Å². The van der Waals surface area contributed by atoms with Crippen molar-refractivity contribution in [2.75, 3.05) is 45.3 Å². The SMILES string of the molecule is COc1cc(OC)nc(N2CCC(N3CCCC(C(=O)NC4CC4)C3)CC2)n1. The Balaban J connectivity index is 1.33. The van der Waals surface area contributed by atoms with Crippen LogP contribution in [0.2, 0.25) is 0 Å². The van der Waals surface area contributed by atoms with Gasteiger partial charge in [-0.3, -0.25) is 9.69 Å². The summed E-state index contributed by atoms with van der Waals surface area (Å²) in [6, 6.07) is 2.67. The molecule has 2 aliphatic heterocycles. The van der Waals surface area contributed by atoms with E-state index in [9.17, 15) is 4.79 Å². The largest absolute Gasteiger partial charge is 0.481 e. The van der Waals surface area contributed by atoms with Crippen LogP contribution in [0.1, 0.15) is 38.5 Å². The van der Waals surface area contributed by atoms with Crippen molar-refractivity contribution in [1.29, 1.82) is 0 Å². The number of hydrogen-bond donors (Lipinski definition) is 1. The second-order valence-corrected chi connectivity index (χ2v) is 8.09. The molecule has 1 N–H and O–H groups in total. The number of carbonyl (C=O) groups excluding carboxylic acids is 1. The lowest BCUT2D eigenvalue weighted by Crippen LogP contribution is -2.51. The van der Waals surface area contributed by atoms with Crippen molar-refractivity contribution in [3.8, 4) is 11.8 Å². The van der Waals surface area contributed by atoms with Gasteiger partial charge in [0.1, 0.15) is 0 Å². The molecule has 1 amide bonds. The molecule has 0 radical (unpaired) electrons. The molecule has 1 aromatic rings. The third-order valence-electron chi connectivity index (χ3n) is 6.10. The first kappa shape index (κ1) is 19.2. The first-order valence-corrected chi connectivity index (χ1v) is 10.4. The average molecular weight is 390 g/mol. The van der Waals surface area contributed by atoms with E-state index in [1.54, 1.807) is 20.3 Å². The van der Waals surface area contributed by atoms with Gasteiger partial charge >= 0.3 is 0 Å². The van der Waals surface area contributed by atoms with Gasteiger partial charge in [0, 0.05) is 31.7 Å². The standard InChI is InChI=1S/C20H31N5O3/c1-27-17-12-18(28-2)23-20(22-17)24-10-7-16(8-11-24)25-9-3-4-14(13-25)19(26)21-15-5-6-15/h12,14-16H,3-11,13H2,1-2H3,(H,21,26). The Hall–Kier alpha value is -2.09. The summed E-state index contributed by atoms with van der Waals surface area (Å²) in [5.74, 6) is 2.11. The van der Waals surface area contributed by atoms with Gasteiger partial charge in [0.25, 0.3) is 0 Å². The predicted molar refractivity (Wildman–Crippen MR) is 106 cm³/mol. The van der Waals surface area contributed by atoms with Crippen LogP contribution in [0, 0.1) is 5.92 Å². The van der Waals surface area contributed by atoms with E-state index in [1.807, 2.05) is 0 Å². The molecule has 4 rings (SSSR count). The van der Waals surface area contributed by atoms with Gasteiger partial charge in [0.15, 0.2) is 0 Å². The summed E-state index contributed by atoms with van der Waals surface area (Å²) in [4.78, 5) is 26.1. The van der Waals surface area contributed by atoms with Crippen LogP contribution >= 0.6 is 0 Å². The Morgan fingerprint density at radius 3 is 2.32 bits per heavy atom. The Morgan fingerprint density at radius 1 is 1.04 bits per heavy atom. The minimum absolute atomic E-state index is 0.151. The molecule has 8 heteroatoms. The average Bonchev–Trinajstić information content (AvgIpc) is 3.57. The van der Waals surface area contributed by atoms with Crippen molar-refractivity contribution >= 4 is 11.9 Å². The monoisotopic (exact) mass is 389 g/mol. The maximum absolute atomic E-state index is 12.4. The van der Waals surface area contributed by atoms with Gasteiger partial charge in [-0.15, -0.1) is 0 Å². The van der Waals surface area contributed by atoms with Gasteiger partial charge in [-0.05, 0) is 45.1 Å². The zero-order valence-corrected chi connectivity index (χ0v) is 16.9. The van der Waals surface area contributed by atoms with E-state index >= 15 is 0 Å². The van der Waals surface area contributed by atoms with E-state index in [1.165, 1.54) is 0 Å². The van der Waals surface area contributed by atoms with Crippen LogP contribution in [0.15, 0.2) is 6.07 Å². The van der Waals surface area contributed by atoms with E-state index in [4.69, 9.17) is 9.47 Å². The zero-order valence-electron chi connectivity index (χ0n) is 16.9. The molecule has 1 atom stereocenters. The quantitative estimate of drug-likeness (QED) is 0.789. The number of methoxy groups -OCH3 is 2. The topological polar surface area (TPSA) is 79.8 Å². The van der Waals surface area contributed by atoms with E-state index in [2.05, 4.69) is 25.1 Å². The van der Waals surface area contributed by atoms with Gasteiger partial charge < -0.3 is 19.7 Å². The van der Waals surface area contributed by atoms with Gasteiger partial charge in [-0.25, -0.2) is 0 Å². The van der Waals surface area contributed by atoms with E-state index < -0.39 is 0 Å². The highest BCUT2D eigenvalue weighted by atomic mass is 16.5. The van der Waals surface area contributed by atoms with E-state index in [0.717, 1.165) is 64.7 Å².